The number of nitrogens with two attached hydrogens (primary N) is 1. The van der Waals surface area contributed by atoms with E-state index < -0.39 is 0 Å². The number of benzene rings is 1. The second kappa shape index (κ2) is 5.38. The molecule has 1 aromatic carbocycles. The first-order valence-electron chi connectivity index (χ1n) is 7.29. The molecule has 0 heterocycles. The topological polar surface area (TPSA) is 26.0 Å². The van der Waals surface area contributed by atoms with E-state index >= 15 is 0 Å². The molecule has 0 saturated heterocycles. The van der Waals surface area contributed by atoms with E-state index in [1.54, 1.807) is 0 Å². The van der Waals surface area contributed by atoms with E-state index in [4.69, 9.17) is 17.3 Å². The van der Waals surface area contributed by atoms with Crippen molar-refractivity contribution in [2.24, 2.45) is 17.6 Å². The fraction of sp³-hybridized carbons (Fsp3) is 0.625. The van der Waals surface area contributed by atoms with Gasteiger partial charge in [-0.15, -0.1) is 0 Å². The third-order valence-corrected chi connectivity index (χ3v) is 5.61. The molecular weight excluding hydrogens is 322 g/mol. The van der Waals surface area contributed by atoms with Crippen molar-refractivity contribution in [1.82, 2.24) is 0 Å². The van der Waals surface area contributed by atoms with Crippen LogP contribution in [0.3, 0.4) is 0 Å². The zero-order chi connectivity index (χ0) is 13.5. The average molecular weight is 343 g/mol. The second-order valence-corrected chi connectivity index (χ2v) is 7.79. The van der Waals surface area contributed by atoms with Gasteiger partial charge in [-0.2, -0.15) is 0 Å². The molecule has 2 fully saturated rings. The quantitative estimate of drug-likeness (QED) is 0.827. The van der Waals surface area contributed by atoms with Crippen LogP contribution in [0.15, 0.2) is 22.7 Å². The lowest BCUT2D eigenvalue weighted by Crippen LogP contribution is -2.46. The maximum Gasteiger partial charge on any atom is 0.0449 e. The van der Waals surface area contributed by atoms with E-state index in [1.807, 2.05) is 6.07 Å². The monoisotopic (exact) mass is 341 g/mol. The number of halogens is 2. The summed E-state index contributed by atoms with van der Waals surface area (Å²) >= 11 is 9.79. The molecule has 3 rings (SSSR count). The lowest BCUT2D eigenvalue weighted by Gasteiger charge is -2.38. The van der Waals surface area contributed by atoms with Gasteiger partial charge in [-0.25, -0.2) is 0 Å². The summed E-state index contributed by atoms with van der Waals surface area (Å²) in [5.41, 5.74) is 7.84. The molecule has 0 spiro atoms. The second-order valence-electron chi connectivity index (χ2n) is 6.47. The SMILES string of the molecule is NC1(Cc2ccc(Br)cc2Cl)CCCC(C2CC2)C1. The molecule has 2 atom stereocenters. The first kappa shape index (κ1) is 13.9. The molecule has 1 nitrogen and oxygen atoms in total. The van der Waals surface area contributed by atoms with E-state index in [9.17, 15) is 0 Å². The summed E-state index contributed by atoms with van der Waals surface area (Å²) in [6.07, 6.45) is 8.78. The van der Waals surface area contributed by atoms with Crippen molar-refractivity contribution in [2.45, 2.75) is 50.5 Å². The third kappa shape index (κ3) is 3.34. The Kier molecular flexibility index (Phi) is 3.94. The van der Waals surface area contributed by atoms with E-state index in [2.05, 4.69) is 28.1 Å². The van der Waals surface area contributed by atoms with Crippen LogP contribution in [0, 0.1) is 11.8 Å². The Balaban J connectivity index is 1.73. The molecule has 2 saturated carbocycles. The summed E-state index contributed by atoms with van der Waals surface area (Å²) in [6.45, 7) is 0. The third-order valence-electron chi connectivity index (χ3n) is 4.76. The Bertz CT molecular complexity index is 472. The molecule has 0 amide bonds. The Labute approximate surface area is 129 Å². The molecule has 0 radical (unpaired) electrons. The van der Waals surface area contributed by atoms with Crippen molar-refractivity contribution in [3.8, 4) is 0 Å². The van der Waals surface area contributed by atoms with Gasteiger partial charge in [0.15, 0.2) is 0 Å². The van der Waals surface area contributed by atoms with Gasteiger partial charge in [-0.05, 0) is 61.6 Å². The Morgan fingerprint density at radius 1 is 1.26 bits per heavy atom. The maximum absolute atomic E-state index is 6.68. The standard InChI is InChI=1S/C16H21BrClN/c17-14-6-5-13(15(18)8-14)10-16(19)7-1-2-12(9-16)11-3-4-11/h5-6,8,11-12H,1-4,7,9-10,19H2. The smallest absolute Gasteiger partial charge is 0.0449 e. The lowest BCUT2D eigenvalue weighted by atomic mass is 9.72. The minimum atomic E-state index is -0.0387. The lowest BCUT2D eigenvalue weighted by molar-refractivity contribution is 0.204. The molecular formula is C16H21BrClN. The summed E-state index contributed by atoms with van der Waals surface area (Å²) < 4.78 is 1.03. The van der Waals surface area contributed by atoms with Gasteiger partial charge in [0.2, 0.25) is 0 Å². The van der Waals surface area contributed by atoms with E-state index in [-0.39, 0.29) is 5.54 Å². The minimum absolute atomic E-state index is 0.0387. The molecule has 2 unspecified atom stereocenters. The van der Waals surface area contributed by atoms with Gasteiger partial charge < -0.3 is 5.73 Å². The van der Waals surface area contributed by atoms with Crippen LogP contribution in [-0.2, 0) is 6.42 Å². The summed E-state index contributed by atoms with van der Waals surface area (Å²) in [4.78, 5) is 0. The highest BCUT2D eigenvalue weighted by Crippen LogP contribution is 2.46. The molecule has 0 aliphatic heterocycles. The Morgan fingerprint density at radius 3 is 2.74 bits per heavy atom. The van der Waals surface area contributed by atoms with Crippen molar-refractivity contribution >= 4 is 27.5 Å². The fourth-order valence-corrected chi connectivity index (χ4v) is 4.36. The first-order valence-corrected chi connectivity index (χ1v) is 8.46. The summed E-state index contributed by atoms with van der Waals surface area (Å²) in [5, 5.41) is 0.841. The van der Waals surface area contributed by atoms with Gasteiger partial charge in [0.25, 0.3) is 0 Å². The van der Waals surface area contributed by atoms with Gasteiger partial charge >= 0.3 is 0 Å². The zero-order valence-corrected chi connectivity index (χ0v) is 13.5. The van der Waals surface area contributed by atoms with Crippen molar-refractivity contribution in [3.05, 3.63) is 33.3 Å². The van der Waals surface area contributed by atoms with E-state index in [0.717, 1.165) is 34.2 Å². The molecule has 2 aliphatic carbocycles. The molecule has 0 aromatic heterocycles. The van der Waals surface area contributed by atoms with Crippen molar-refractivity contribution < 1.29 is 0 Å². The molecule has 3 heteroatoms. The zero-order valence-electron chi connectivity index (χ0n) is 11.2. The maximum atomic E-state index is 6.68. The molecule has 1 aromatic rings. The highest BCUT2D eigenvalue weighted by Gasteiger charge is 2.40. The van der Waals surface area contributed by atoms with Crippen LogP contribution in [-0.4, -0.2) is 5.54 Å². The van der Waals surface area contributed by atoms with Gasteiger partial charge in [0, 0.05) is 15.0 Å². The van der Waals surface area contributed by atoms with Gasteiger partial charge in [0.1, 0.15) is 0 Å². The molecule has 19 heavy (non-hydrogen) atoms. The van der Waals surface area contributed by atoms with Crippen LogP contribution in [0.1, 0.15) is 44.1 Å². The van der Waals surface area contributed by atoms with Gasteiger partial charge in [0.05, 0.1) is 0 Å². The van der Waals surface area contributed by atoms with Crippen molar-refractivity contribution in [1.29, 1.82) is 0 Å². The Morgan fingerprint density at radius 2 is 2.05 bits per heavy atom. The van der Waals surface area contributed by atoms with Crippen LogP contribution in [0.2, 0.25) is 5.02 Å². The first-order chi connectivity index (χ1) is 9.06. The highest BCUT2D eigenvalue weighted by atomic mass is 79.9. The fourth-order valence-electron chi connectivity index (χ4n) is 3.62. The largest absolute Gasteiger partial charge is 0.325 e. The molecule has 2 aliphatic rings. The predicted octanol–water partition coefficient (Wildman–Crippen LogP) is 4.94. The molecule has 2 N–H and O–H groups in total. The summed E-state index contributed by atoms with van der Waals surface area (Å²) in [7, 11) is 0. The predicted molar refractivity (Wildman–Crippen MR) is 84.5 cm³/mol. The molecule has 0 bridgehead atoms. The van der Waals surface area contributed by atoms with Crippen molar-refractivity contribution in [3.63, 3.8) is 0 Å². The number of rotatable bonds is 3. The van der Waals surface area contributed by atoms with Crippen LogP contribution in [0.5, 0.6) is 0 Å². The van der Waals surface area contributed by atoms with Crippen LogP contribution in [0.4, 0.5) is 0 Å². The number of hydrogen-bond donors (Lipinski definition) is 1. The van der Waals surface area contributed by atoms with Crippen molar-refractivity contribution in [2.75, 3.05) is 0 Å². The highest BCUT2D eigenvalue weighted by molar-refractivity contribution is 9.10. The number of hydrogen-bond acceptors (Lipinski definition) is 1. The van der Waals surface area contributed by atoms with E-state index in [1.165, 1.54) is 37.7 Å². The summed E-state index contributed by atoms with van der Waals surface area (Å²) in [5.74, 6) is 1.84. The van der Waals surface area contributed by atoms with E-state index in [0.29, 0.717) is 0 Å². The molecule has 104 valence electrons. The van der Waals surface area contributed by atoms with Crippen LogP contribution in [0.25, 0.3) is 0 Å². The average Bonchev–Trinajstić information content (AvgIpc) is 3.17. The van der Waals surface area contributed by atoms with Crippen LogP contribution >= 0.6 is 27.5 Å². The van der Waals surface area contributed by atoms with Crippen LogP contribution < -0.4 is 5.73 Å². The Hall–Kier alpha value is -0.0500. The summed E-state index contributed by atoms with van der Waals surface area (Å²) in [6, 6.07) is 6.15. The van der Waals surface area contributed by atoms with Gasteiger partial charge in [-0.3, -0.25) is 0 Å². The minimum Gasteiger partial charge on any atom is -0.325 e. The normalized spacial score (nSPS) is 31.4. The van der Waals surface area contributed by atoms with Gasteiger partial charge in [-0.1, -0.05) is 46.4 Å².